The zero-order valence-corrected chi connectivity index (χ0v) is 15.8. The second-order valence-corrected chi connectivity index (χ2v) is 5.92. The number of rotatable bonds is 7. The Morgan fingerprint density at radius 3 is 2.35 bits per heavy atom. The molecule has 0 spiro atoms. The summed E-state index contributed by atoms with van der Waals surface area (Å²) in [6.45, 7) is 3.89. The van der Waals surface area contributed by atoms with Gasteiger partial charge in [0.25, 0.3) is 0 Å². The number of carbonyl (C=O) groups is 1. The highest BCUT2D eigenvalue weighted by Gasteiger charge is 2.14. The largest absolute Gasteiger partial charge is 0.497 e. The van der Waals surface area contributed by atoms with Gasteiger partial charge in [-0.2, -0.15) is 0 Å². The van der Waals surface area contributed by atoms with Crippen molar-refractivity contribution in [2.24, 2.45) is 0 Å². The van der Waals surface area contributed by atoms with Crippen molar-refractivity contribution in [2.45, 2.75) is 19.9 Å². The molecule has 1 N–H and O–H groups in total. The van der Waals surface area contributed by atoms with Gasteiger partial charge in [-0.15, -0.1) is 0 Å². The van der Waals surface area contributed by atoms with Crippen LogP contribution in [0.5, 0.6) is 17.2 Å². The van der Waals surface area contributed by atoms with E-state index in [9.17, 15) is 4.79 Å². The molecule has 0 bridgehead atoms. The van der Waals surface area contributed by atoms with Crippen molar-refractivity contribution in [1.29, 1.82) is 0 Å². The summed E-state index contributed by atoms with van der Waals surface area (Å²) in [7, 11) is 4.82. The standard InChI is InChI=1S/C21H25NO4/c1-14-6-9-19(25-4)16(12-14)7-11-21(23)22-15(2)18-13-17(24-3)8-10-20(18)26-5/h6-13,15H,1-5H3,(H,22,23)/b11-7+/t15-/m1/s1. The second kappa shape index (κ2) is 8.94. The average Bonchev–Trinajstić information content (AvgIpc) is 2.65. The van der Waals surface area contributed by atoms with Crippen LogP contribution in [-0.4, -0.2) is 27.2 Å². The van der Waals surface area contributed by atoms with Gasteiger partial charge in [-0.25, -0.2) is 0 Å². The van der Waals surface area contributed by atoms with Crippen molar-refractivity contribution in [3.63, 3.8) is 0 Å². The Hall–Kier alpha value is -2.95. The highest BCUT2D eigenvalue weighted by Crippen LogP contribution is 2.29. The molecule has 0 heterocycles. The van der Waals surface area contributed by atoms with Gasteiger partial charge < -0.3 is 19.5 Å². The molecule has 26 heavy (non-hydrogen) atoms. The van der Waals surface area contributed by atoms with E-state index in [-0.39, 0.29) is 11.9 Å². The molecule has 0 aliphatic carbocycles. The molecule has 0 saturated carbocycles. The van der Waals surface area contributed by atoms with Crippen molar-refractivity contribution in [3.8, 4) is 17.2 Å². The number of aryl methyl sites for hydroxylation is 1. The number of amides is 1. The third kappa shape index (κ3) is 4.79. The van der Waals surface area contributed by atoms with Crippen LogP contribution < -0.4 is 19.5 Å². The van der Waals surface area contributed by atoms with Crippen molar-refractivity contribution in [1.82, 2.24) is 5.32 Å². The minimum atomic E-state index is -0.239. The van der Waals surface area contributed by atoms with E-state index in [4.69, 9.17) is 14.2 Å². The Bertz CT molecular complexity index is 799. The molecule has 2 rings (SSSR count). The lowest BCUT2D eigenvalue weighted by Gasteiger charge is -2.17. The van der Waals surface area contributed by atoms with Crippen LogP contribution >= 0.6 is 0 Å². The maximum Gasteiger partial charge on any atom is 0.244 e. The SMILES string of the molecule is COc1ccc(OC)c([C@@H](C)NC(=O)/C=C/c2cc(C)ccc2OC)c1. The molecule has 5 nitrogen and oxygen atoms in total. The van der Waals surface area contributed by atoms with Crippen LogP contribution in [0.15, 0.2) is 42.5 Å². The van der Waals surface area contributed by atoms with Crippen LogP contribution in [0.1, 0.15) is 29.7 Å². The van der Waals surface area contributed by atoms with Crippen LogP contribution in [0, 0.1) is 6.92 Å². The number of benzene rings is 2. The minimum absolute atomic E-state index is 0.203. The van der Waals surface area contributed by atoms with Gasteiger partial charge in [0.15, 0.2) is 0 Å². The predicted octanol–water partition coefficient (Wildman–Crippen LogP) is 3.91. The van der Waals surface area contributed by atoms with Crippen molar-refractivity contribution >= 4 is 12.0 Å². The summed E-state index contributed by atoms with van der Waals surface area (Å²) in [5.41, 5.74) is 2.80. The quantitative estimate of drug-likeness (QED) is 0.765. The van der Waals surface area contributed by atoms with E-state index < -0.39 is 0 Å². The molecular weight excluding hydrogens is 330 g/mol. The molecule has 2 aromatic rings. The lowest BCUT2D eigenvalue weighted by atomic mass is 10.1. The lowest BCUT2D eigenvalue weighted by molar-refractivity contribution is -0.117. The topological polar surface area (TPSA) is 56.8 Å². The molecule has 0 unspecified atom stereocenters. The van der Waals surface area contributed by atoms with Crippen LogP contribution in [0.2, 0.25) is 0 Å². The number of ether oxygens (including phenoxy) is 3. The van der Waals surface area contributed by atoms with E-state index in [2.05, 4.69) is 5.32 Å². The number of methoxy groups -OCH3 is 3. The summed E-state index contributed by atoms with van der Waals surface area (Å²) in [6, 6.07) is 11.1. The Morgan fingerprint density at radius 1 is 1.00 bits per heavy atom. The Labute approximate surface area is 154 Å². The smallest absolute Gasteiger partial charge is 0.244 e. The molecule has 138 valence electrons. The first kappa shape index (κ1) is 19.4. The molecule has 0 aromatic heterocycles. The molecule has 5 heteroatoms. The highest BCUT2D eigenvalue weighted by atomic mass is 16.5. The van der Waals surface area contributed by atoms with E-state index >= 15 is 0 Å². The zero-order valence-electron chi connectivity index (χ0n) is 15.8. The molecule has 0 aliphatic rings. The van der Waals surface area contributed by atoms with Gasteiger partial charge in [0.2, 0.25) is 5.91 Å². The summed E-state index contributed by atoms with van der Waals surface area (Å²) < 4.78 is 16.0. The zero-order chi connectivity index (χ0) is 19.1. The van der Waals surface area contributed by atoms with Gasteiger partial charge in [-0.1, -0.05) is 11.6 Å². The van der Waals surface area contributed by atoms with Crippen LogP contribution in [-0.2, 0) is 4.79 Å². The predicted molar refractivity (Wildman–Crippen MR) is 103 cm³/mol. The Morgan fingerprint density at radius 2 is 1.69 bits per heavy atom. The fraction of sp³-hybridized carbons (Fsp3) is 0.286. The van der Waals surface area contributed by atoms with Gasteiger partial charge in [-0.05, 0) is 50.3 Å². The molecule has 1 atom stereocenters. The van der Waals surface area contributed by atoms with Crippen molar-refractivity contribution < 1.29 is 19.0 Å². The Kier molecular flexibility index (Phi) is 6.67. The maximum absolute atomic E-state index is 12.3. The first-order valence-electron chi connectivity index (χ1n) is 8.33. The number of hydrogen-bond acceptors (Lipinski definition) is 4. The van der Waals surface area contributed by atoms with Crippen LogP contribution in [0.4, 0.5) is 0 Å². The van der Waals surface area contributed by atoms with E-state index in [1.165, 1.54) is 6.08 Å². The maximum atomic E-state index is 12.3. The number of nitrogens with one attached hydrogen (secondary N) is 1. The van der Waals surface area contributed by atoms with Gasteiger partial charge in [0, 0.05) is 17.2 Å². The van der Waals surface area contributed by atoms with Gasteiger partial charge in [-0.3, -0.25) is 4.79 Å². The third-order valence-corrected chi connectivity index (χ3v) is 4.06. The van der Waals surface area contributed by atoms with E-state index in [0.29, 0.717) is 11.5 Å². The molecule has 0 saturated heterocycles. The number of carbonyl (C=O) groups excluding carboxylic acids is 1. The lowest BCUT2D eigenvalue weighted by Crippen LogP contribution is -2.25. The summed E-state index contributed by atoms with van der Waals surface area (Å²) in [4.78, 5) is 12.3. The summed E-state index contributed by atoms with van der Waals surface area (Å²) in [5.74, 6) is 1.93. The summed E-state index contributed by atoms with van der Waals surface area (Å²) in [6.07, 6.45) is 3.25. The van der Waals surface area contributed by atoms with Gasteiger partial charge >= 0.3 is 0 Å². The van der Waals surface area contributed by atoms with Crippen molar-refractivity contribution in [3.05, 3.63) is 59.2 Å². The van der Waals surface area contributed by atoms with E-state index in [0.717, 1.165) is 22.4 Å². The Balaban J connectivity index is 2.14. The molecule has 0 aliphatic heterocycles. The normalized spacial score (nSPS) is 11.9. The third-order valence-electron chi connectivity index (χ3n) is 4.06. The first-order chi connectivity index (χ1) is 12.5. The van der Waals surface area contributed by atoms with E-state index in [1.807, 2.05) is 50.2 Å². The first-order valence-corrected chi connectivity index (χ1v) is 8.33. The number of hydrogen-bond donors (Lipinski definition) is 1. The molecule has 0 fully saturated rings. The minimum Gasteiger partial charge on any atom is -0.497 e. The summed E-state index contributed by atoms with van der Waals surface area (Å²) in [5, 5.41) is 2.94. The average molecular weight is 355 g/mol. The fourth-order valence-corrected chi connectivity index (χ4v) is 2.67. The van der Waals surface area contributed by atoms with Gasteiger partial charge in [0.05, 0.1) is 27.4 Å². The molecular formula is C21H25NO4. The second-order valence-electron chi connectivity index (χ2n) is 5.92. The van der Waals surface area contributed by atoms with Crippen molar-refractivity contribution in [2.75, 3.05) is 21.3 Å². The van der Waals surface area contributed by atoms with Gasteiger partial charge in [0.1, 0.15) is 17.2 Å². The fourth-order valence-electron chi connectivity index (χ4n) is 2.67. The van der Waals surface area contributed by atoms with Crippen LogP contribution in [0.3, 0.4) is 0 Å². The summed E-state index contributed by atoms with van der Waals surface area (Å²) >= 11 is 0. The van der Waals surface area contributed by atoms with E-state index in [1.54, 1.807) is 27.4 Å². The molecule has 0 radical (unpaired) electrons. The molecule has 2 aromatic carbocycles. The highest BCUT2D eigenvalue weighted by molar-refractivity contribution is 5.92. The van der Waals surface area contributed by atoms with Crippen LogP contribution in [0.25, 0.3) is 6.08 Å². The molecule has 1 amide bonds. The monoisotopic (exact) mass is 355 g/mol.